The Balaban J connectivity index is 0.953. The predicted octanol–water partition coefficient (Wildman–Crippen LogP) is 19.1. The van der Waals surface area contributed by atoms with Crippen LogP contribution in [0.2, 0.25) is 0 Å². The Morgan fingerprint density at radius 1 is 0.325 bits per heavy atom. The maximum absolute atomic E-state index is 5.40. The van der Waals surface area contributed by atoms with E-state index >= 15 is 0 Å². The number of benzene rings is 11. The van der Waals surface area contributed by atoms with Crippen LogP contribution in [-0.2, 0) is 16.2 Å². The molecular formula is C77H57N3. The molecule has 3 heteroatoms. The molecule has 3 nitrogen and oxygen atoms in total. The van der Waals surface area contributed by atoms with Crippen molar-refractivity contribution in [3.05, 3.63) is 282 Å². The van der Waals surface area contributed by atoms with Crippen molar-refractivity contribution < 1.29 is 0 Å². The molecule has 6 unspecified atom stereocenters. The number of hydrogen-bond acceptors (Lipinski definition) is 3. The van der Waals surface area contributed by atoms with E-state index in [1.165, 1.54) is 72.0 Å². The Morgan fingerprint density at radius 3 is 1.44 bits per heavy atom. The highest BCUT2D eigenvalue weighted by molar-refractivity contribution is 6.22. The van der Waals surface area contributed by atoms with Gasteiger partial charge in [0.2, 0.25) is 0 Å². The second kappa shape index (κ2) is 17.2. The van der Waals surface area contributed by atoms with Gasteiger partial charge < -0.3 is 0 Å². The number of aromatic nitrogens is 3. The minimum Gasteiger partial charge on any atom is -0.208 e. The lowest BCUT2D eigenvalue weighted by Gasteiger charge is -2.56. The van der Waals surface area contributed by atoms with Crippen molar-refractivity contribution in [1.82, 2.24) is 15.0 Å². The lowest BCUT2D eigenvalue weighted by molar-refractivity contribution is 0.0896. The predicted molar refractivity (Wildman–Crippen MR) is 328 cm³/mol. The molecule has 380 valence electrons. The van der Waals surface area contributed by atoms with Gasteiger partial charge in [-0.2, -0.15) is 0 Å². The number of rotatable bonds is 6. The molecule has 0 aliphatic heterocycles. The molecule has 0 N–H and O–H groups in total. The van der Waals surface area contributed by atoms with Crippen LogP contribution in [0, 0.1) is 12.8 Å². The Bertz CT molecular complexity index is 4410. The van der Waals surface area contributed by atoms with E-state index in [1.807, 2.05) is 12.1 Å². The third-order valence-corrected chi connectivity index (χ3v) is 20.4. The van der Waals surface area contributed by atoms with Crippen LogP contribution in [0.1, 0.15) is 77.3 Å². The molecule has 0 saturated heterocycles. The number of hydrogen-bond donors (Lipinski definition) is 0. The lowest BCUT2D eigenvalue weighted by Crippen LogP contribution is -2.53. The van der Waals surface area contributed by atoms with E-state index in [9.17, 15) is 0 Å². The first kappa shape index (κ1) is 45.9. The summed E-state index contributed by atoms with van der Waals surface area (Å²) in [5.41, 5.74) is 22.6. The SMILES string of the molecule is Cc1ccccc1-c1ccccc1C12CCC34c5cccc(-c6c7ccccc7c(-c7nc(-c8ccccc8)nc(-c8ccccc8)n7)c7ccccc67)c5-c5ccccc5C3CC3(CC(C1)c1ccccc1-c1ccccc13)C24. The van der Waals surface area contributed by atoms with Crippen molar-refractivity contribution in [2.45, 2.75) is 67.1 Å². The van der Waals surface area contributed by atoms with Crippen LogP contribution in [0.3, 0.4) is 0 Å². The highest BCUT2D eigenvalue weighted by Crippen LogP contribution is 2.82. The summed E-state index contributed by atoms with van der Waals surface area (Å²) in [5, 5.41) is 4.65. The molecule has 1 aromatic heterocycles. The summed E-state index contributed by atoms with van der Waals surface area (Å²) in [6, 6.07) is 94.0. The van der Waals surface area contributed by atoms with E-state index in [0.717, 1.165) is 59.6 Å². The van der Waals surface area contributed by atoms with Crippen molar-refractivity contribution in [1.29, 1.82) is 0 Å². The smallest absolute Gasteiger partial charge is 0.165 e. The molecule has 5 aliphatic carbocycles. The van der Waals surface area contributed by atoms with Crippen molar-refractivity contribution >= 4 is 21.5 Å². The molecule has 2 spiro atoms. The summed E-state index contributed by atoms with van der Waals surface area (Å²) in [6.45, 7) is 2.31. The van der Waals surface area contributed by atoms with Crippen LogP contribution in [-0.4, -0.2) is 15.0 Å². The average molecular weight is 1020 g/mol. The Morgan fingerprint density at radius 2 is 0.787 bits per heavy atom. The lowest BCUT2D eigenvalue weighted by atomic mass is 9.47. The molecule has 0 amide bonds. The molecule has 2 bridgehead atoms. The molecular weight excluding hydrogens is 967 g/mol. The van der Waals surface area contributed by atoms with Gasteiger partial charge in [0.05, 0.1) is 0 Å². The fourth-order valence-corrected chi connectivity index (χ4v) is 17.8. The van der Waals surface area contributed by atoms with Gasteiger partial charge in [0.25, 0.3) is 0 Å². The maximum Gasteiger partial charge on any atom is 0.165 e. The molecule has 3 saturated carbocycles. The second-order valence-electron chi connectivity index (χ2n) is 23.8. The third-order valence-electron chi connectivity index (χ3n) is 20.4. The second-order valence-corrected chi connectivity index (χ2v) is 23.8. The zero-order valence-electron chi connectivity index (χ0n) is 44.8. The molecule has 17 rings (SSSR count). The van der Waals surface area contributed by atoms with E-state index in [0.29, 0.717) is 35.2 Å². The topological polar surface area (TPSA) is 38.7 Å². The molecule has 80 heavy (non-hydrogen) atoms. The minimum absolute atomic E-state index is 0.105. The summed E-state index contributed by atoms with van der Waals surface area (Å²) in [6.07, 6.45) is 5.66. The summed E-state index contributed by atoms with van der Waals surface area (Å²) in [7, 11) is 0. The first-order chi connectivity index (χ1) is 39.5. The van der Waals surface area contributed by atoms with Gasteiger partial charge in [0.1, 0.15) is 0 Å². The quantitative estimate of drug-likeness (QED) is 0.156. The van der Waals surface area contributed by atoms with E-state index in [-0.39, 0.29) is 16.2 Å². The summed E-state index contributed by atoms with van der Waals surface area (Å²) >= 11 is 0. The minimum atomic E-state index is -0.161. The highest BCUT2D eigenvalue weighted by atomic mass is 15.0. The van der Waals surface area contributed by atoms with Gasteiger partial charge in [0, 0.05) is 32.9 Å². The van der Waals surface area contributed by atoms with Gasteiger partial charge in [-0.05, 0) is 156 Å². The van der Waals surface area contributed by atoms with Crippen LogP contribution in [0.4, 0.5) is 0 Å². The number of aryl methyl sites for hydroxylation is 1. The highest BCUT2D eigenvalue weighted by Gasteiger charge is 2.76. The van der Waals surface area contributed by atoms with Crippen LogP contribution >= 0.6 is 0 Å². The maximum atomic E-state index is 5.40. The first-order valence-corrected chi connectivity index (χ1v) is 28.9. The molecule has 3 fully saturated rings. The van der Waals surface area contributed by atoms with Gasteiger partial charge in [-0.15, -0.1) is 0 Å². The molecule has 6 atom stereocenters. The van der Waals surface area contributed by atoms with Gasteiger partial charge in [0.15, 0.2) is 17.5 Å². The largest absolute Gasteiger partial charge is 0.208 e. The Kier molecular flexibility index (Phi) is 9.89. The monoisotopic (exact) mass is 1020 g/mol. The number of fused-ring (bicyclic) bond motifs is 11. The summed E-state index contributed by atoms with van der Waals surface area (Å²) < 4.78 is 0. The fourth-order valence-electron chi connectivity index (χ4n) is 17.8. The summed E-state index contributed by atoms with van der Waals surface area (Å²) in [4.78, 5) is 15.9. The van der Waals surface area contributed by atoms with E-state index in [4.69, 9.17) is 15.0 Å². The third kappa shape index (κ3) is 6.24. The zero-order chi connectivity index (χ0) is 52.7. The Labute approximate surface area is 467 Å². The Hall–Kier alpha value is -9.05. The molecule has 12 aromatic rings. The van der Waals surface area contributed by atoms with E-state index in [2.05, 4.69) is 244 Å². The van der Waals surface area contributed by atoms with Crippen molar-refractivity contribution in [2.24, 2.45) is 5.92 Å². The van der Waals surface area contributed by atoms with Gasteiger partial charge in [-0.25, -0.2) is 15.0 Å². The van der Waals surface area contributed by atoms with Gasteiger partial charge in [-0.3, -0.25) is 0 Å². The van der Waals surface area contributed by atoms with Crippen molar-refractivity contribution in [3.63, 3.8) is 0 Å². The van der Waals surface area contributed by atoms with Crippen LogP contribution in [0.15, 0.2) is 249 Å². The number of nitrogens with zero attached hydrogens (tertiary/aromatic N) is 3. The summed E-state index contributed by atoms with van der Waals surface area (Å²) in [5.74, 6) is 3.04. The molecule has 11 aromatic carbocycles. The van der Waals surface area contributed by atoms with E-state index < -0.39 is 0 Å². The fraction of sp³-hybridized carbons (Fsp3) is 0.156. The molecule has 5 aliphatic rings. The molecule has 1 heterocycles. The van der Waals surface area contributed by atoms with Crippen LogP contribution < -0.4 is 0 Å². The van der Waals surface area contributed by atoms with E-state index in [1.54, 1.807) is 16.7 Å². The standard InChI is InChI=1S/C77H57N3/c1-48-23-8-9-28-52(48)55-31-18-20-40-64(55)75-43-44-77-66-42-22-39-63(69(66)58-34-13-12-33-57(58)67(77)47-76(74(75)77)46-51(45-75)53-29-10-11-30-54(53)56-32-19-21-41-65(56)76)68-59-35-14-16-37-61(59)70(62-38-17-15-36-60(62)68)73-79-71(49-24-4-2-5-25-49)78-72(80-73)50-26-6-3-7-27-50/h2-42,51,67,74H,43-47H2,1H3. The normalized spacial score (nSPS) is 22.6. The van der Waals surface area contributed by atoms with Crippen LogP contribution in [0.5, 0.6) is 0 Å². The van der Waals surface area contributed by atoms with Gasteiger partial charge >= 0.3 is 0 Å². The van der Waals surface area contributed by atoms with Crippen LogP contribution in [0.25, 0.3) is 100 Å². The van der Waals surface area contributed by atoms with Crippen molar-refractivity contribution in [3.8, 4) is 78.7 Å². The zero-order valence-corrected chi connectivity index (χ0v) is 44.8. The van der Waals surface area contributed by atoms with Gasteiger partial charge in [-0.1, -0.05) is 249 Å². The average Bonchev–Trinajstić information content (AvgIpc) is 3.38. The van der Waals surface area contributed by atoms with Crippen molar-refractivity contribution in [2.75, 3.05) is 0 Å². The first-order valence-electron chi connectivity index (χ1n) is 28.9. The molecule has 0 radical (unpaired) electrons.